The molecule has 156 valence electrons. The van der Waals surface area contributed by atoms with Crippen molar-refractivity contribution in [1.82, 2.24) is 9.97 Å². The molecule has 0 saturated carbocycles. The fraction of sp³-hybridized carbons (Fsp3) is 0.444. The molecule has 2 aromatic rings. The predicted octanol–water partition coefficient (Wildman–Crippen LogP) is 3.63. The monoisotopic (exact) mass is 411 g/mol. The summed E-state index contributed by atoms with van der Waals surface area (Å²) in [6, 6.07) is 5.04. The van der Waals surface area contributed by atoms with Crippen molar-refractivity contribution < 1.29 is 22.8 Å². The van der Waals surface area contributed by atoms with E-state index in [0.717, 1.165) is 12.4 Å². The van der Waals surface area contributed by atoms with Gasteiger partial charge in [0.15, 0.2) is 0 Å². The Hall–Kier alpha value is -2.95. The third-order valence-corrected chi connectivity index (χ3v) is 4.47. The summed E-state index contributed by atoms with van der Waals surface area (Å²) in [4.78, 5) is 20.8. The molecule has 1 aliphatic rings. The molecule has 0 amide bonds. The van der Waals surface area contributed by atoms with Gasteiger partial charge in [0, 0.05) is 19.6 Å². The quantitative estimate of drug-likeness (QED) is 0.593. The Labute approximate surface area is 164 Å². The van der Waals surface area contributed by atoms with Crippen molar-refractivity contribution in [2.24, 2.45) is 0 Å². The molecule has 0 aliphatic carbocycles. The summed E-state index contributed by atoms with van der Waals surface area (Å²) in [5.74, 6) is -0.0256. The summed E-state index contributed by atoms with van der Waals surface area (Å²) in [7, 11) is 0. The van der Waals surface area contributed by atoms with Gasteiger partial charge < -0.3 is 15.0 Å². The van der Waals surface area contributed by atoms with E-state index in [0.29, 0.717) is 13.1 Å². The molecule has 3 rings (SSSR count). The SMILES string of the molecule is CC1CN(c2ncnc(NCc3ccccc3C(F)(F)F)c2[N+](=O)[O-])CC(C)O1. The minimum atomic E-state index is -4.53. The van der Waals surface area contributed by atoms with Crippen molar-refractivity contribution in [2.45, 2.75) is 38.8 Å². The standard InChI is InChI=1S/C18H20F3N5O3/c1-11-8-25(9-12(2)29-11)17-15(26(27)28)16(23-10-24-17)22-7-13-5-3-4-6-14(13)18(19,20)21/h3-6,10-12H,7-9H2,1-2H3,(H,22,23,24). The second-order valence-electron chi connectivity index (χ2n) is 6.82. The zero-order chi connectivity index (χ0) is 21.2. The van der Waals surface area contributed by atoms with Gasteiger partial charge in [0.1, 0.15) is 6.33 Å². The van der Waals surface area contributed by atoms with Crippen LogP contribution in [0.4, 0.5) is 30.5 Å². The molecular weight excluding hydrogens is 391 g/mol. The Morgan fingerprint density at radius 1 is 1.24 bits per heavy atom. The number of rotatable bonds is 5. The summed E-state index contributed by atoms with van der Waals surface area (Å²) in [5, 5.41) is 14.4. The Morgan fingerprint density at radius 3 is 2.52 bits per heavy atom. The Balaban J connectivity index is 1.90. The average molecular weight is 411 g/mol. The first-order valence-corrected chi connectivity index (χ1v) is 8.95. The lowest BCUT2D eigenvalue weighted by Gasteiger charge is -2.35. The van der Waals surface area contributed by atoms with E-state index in [9.17, 15) is 23.3 Å². The molecule has 11 heteroatoms. The molecule has 1 fully saturated rings. The van der Waals surface area contributed by atoms with Crippen LogP contribution >= 0.6 is 0 Å². The molecule has 2 atom stereocenters. The Kier molecular flexibility index (Phi) is 5.87. The third kappa shape index (κ3) is 4.73. The first kappa shape index (κ1) is 20.8. The van der Waals surface area contributed by atoms with Crippen LogP contribution in [0.1, 0.15) is 25.0 Å². The van der Waals surface area contributed by atoms with Crippen LogP contribution in [0.2, 0.25) is 0 Å². The minimum absolute atomic E-state index is 0.0388. The number of nitrogens with one attached hydrogen (secondary N) is 1. The molecule has 0 spiro atoms. The zero-order valence-corrected chi connectivity index (χ0v) is 15.8. The fourth-order valence-electron chi connectivity index (χ4n) is 3.38. The first-order valence-electron chi connectivity index (χ1n) is 8.95. The number of anilines is 2. The topological polar surface area (TPSA) is 93.4 Å². The van der Waals surface area contributed by atoms with E-state index < -0.39 is 16.7 Å². The first-order chi connectivity index (χ1) is 13.7. The number of halogens is 3. The molecule has 1 aliphatic heterocycles. The van der Waals surface area contributed by atoms with E-state index >= 15 is 0 Å². The Bertz CT molecular complexity index is 883. The molecule has 1 aromatic heterocycles. The van der Waals surface area contributed by atoms with E-state index in [1.807, 2.05) is 13.8 Å². The van der Waals surface area contributed by atoms with E-state index in [4.69, 9.17) is 4.74 Å². The number of alkyl halides is 3. The molecular formula is C18H20F3N5O3. The van der Waals surface area contributed by atoms with E-state index in [2.05, 4.69) is 15.3 Å². The number of morpholine rings is 1. The molecule has 1 N–H and O–H groups in total. The summed E-state index contributed by atoms with van der Waals surface area (Å²) >= 11 is 0. The largest absolute Gasteiger partial charge is 0.416 e. The second-order valence-corrected chi connectivity index (χ2v) is 6.82. The highest BCUT2D eigenvalue weighted by Crippen LogP contribution is 2.35. The molecule has 1 aromatic carbocycles. The van der Waals surface area contributed by atoms with Crippen LogP contribution in [0.3, 0.4) is 0 Å². The van der Waals surface area contributed by atoms with Crippen LogP contribution < -0.4 is 10.2 Å². The lowest BCUT2D eigenvalue weighted by atomic mass is 10.1. The third-order valence-electron chi connectivity index (χ3n) is 4.47. The summed E-state index contributed by atoms with van der Waals surface area (Å²) in [5.41, 5.74) is -1.22. The van der Waals surface area contributed by atoms with Gasteiger partial charge >= 0.3 is 11.9 Å². The van der Waals surface area contributed by atoms with Gasteiger partial charge in [0.05, 0.1) is 22.7 Å². The van der Waals surface area contributed by atoms with Crippen LogP contribution in [0.15, 0.2) is 30.6 Å². The van der Waals surface area contributed by atoms with Crippen molar-refractivity contribution in [3.05, 3.63) is 51.8 Å². The molecule has 2 unspecified atom stereocenters. The van der Waals surface area contributed by atoms with Gasteiger partial charge in [-0.05, 0) is 25.5 Å². The van der Waals surface area contributed by atoms with Crippen molar-refractivity contribution in [2.75, 3.05) is 23.3 Å². The van der Waals surface area contributed by atoms with Crippen LogP contribution in [0.25, 0.3) is 0 Å². The number of hydrogen-bond acceptors (Lipinski definition) is 7. The molecule has 0 radical (unpaired) electrons. The molecule has 1 saturated heterocycles. The average Bonchev–Trinajstić information content (AvgIpc) is 2.64. The van der Waals surface area contributed by atoms with Crippen LogP contribution in [0, 0.1) is 10.1 Å². The normalized spacial score (nSPS) is 19.8. The lowest BCUT2D eigenvalue weighted by molar-refractivity contribution is -0.383. The minimum Gasteiger partial charge on any atom is -0.372 e. The van der Waals surface area contributed by atoms with Crippen LogP contribution in [-0.2, 0) is 17.5 Å². The summed E-state index contributed by atoms with van der Waals surface area (Å²) < 4.78 is 45.2. The van der Waals surface area contributed by atoms with Crippen LogP contribution in [-0.4, -0.2) is 40.2 Å². The Morgan fingerprint density at radius 2 is 1.90 bits per heavy atom. The lowest BCUT2D eigenvalue weighted by Crippen LogP contribution is -2.46. The molecule has 8 nitrogen and oxygen atoms in total. The number of ether oxygens (including phenoxy) is 1. The van der Waals surface area contributed by atoms with Gasteiger partial charge in [-0.1, -0.05) is 18.2 Å². The number of nitrogens with zero attached hydrogens (tertiary/aromatic N) is 4. The van der Waals surface area contributed by atoms with E-state index in [1.165, 1.54) is 18.2 Å². The van der Waals surface area contributed by atoms with Crippen molar-refractivity contribution >= 4 is 17.3 Å². The fourth-order valence-corrected chi connectivity index (χ4v) is 3.38. The van der Waals surface area contributed by atoms with E-state index in [1.54, 1.807) is 4.90 Å². The van der Waals surface area contributed by atoms with Crippen molar-refractivity contribution in [3.8, 4) is 0 Å². The van der Waals surface area contributed by atoms with Gasteiger partial charge in [-0.25, -0.2) is 9.97 Å². The number of benzene rings is 1. The highest BCUT2D eigenvalue weighted by atomic mass is 19.4. The molecule has 2 heterocycles. The number of hydrogen-bond donors (Lipinski definition) is 1. The smallest absolute Gasteiger partial charge is 0.372 e. The summed E-state index contributed by atoms with van der Waals surface area (Å²) in [6.07, 6.45) is -3.67. The highest BCUT2D eigenvalue weighted by molar-refractivity contribution is 5.70. The molecule has 29 heavy (non-hydrogen) atoms. The maximum absolute atomic E-state index is 13.2. The maximum Gasteiger partial charge on any atom is 0.416 e. The number of aromatic nitrogens is 2. The maximum atomic E-state index is 13.2. The van der Waals surface area contributed by atoms with Gasteiger partial charge in [-0.3, -0.25) is 10.1 Å². The van der Waals surface area contributed by atoms with Gasteiger partial charge in [0.2, 0.25) is 11.6 Å². The van der Waals surface area contributed by atoms with Crippen LogP contribution in [0.5, 0.6) is 0 Å². The van der Waals surface area contributed by atoms with Gasteiger partial charge in [0.25, 0.3) is 0 Å². The predicted molar refractivity (Wildman–Crippen MR) is 99.7 cm³/mol. The van der Waals surface area contributed by atoms with E-state index in [-0.39, 0.29) is 41.6 Å². The highest BCUT2D eigenvalue weighted by Gasteiger charge is 2.34. The summed E-state index contributed by atoms with van der Waals surface area (Å²) in [6.45, 7) is 4.23. The number of nitro groups is 1. The molecule has 0 bridgehead atoms. The van der Waals surface area contributed by atoms with Gasteiger partial charge in [-0.2, -0.15) is 13.2 Å². The van der Waals surface area contributed by atoms with Crippen molar-refractivity contribution in [1.29, 1.82) is 0 Å². The zero-order valence-electron chi connectivity index (χ0n) is 15.8. The van der Waals surface area contributed by atoms with Crippen molar-refractivity contribution in [3.63, 3.8) is 0 Å². The van der Waals surface area contributed by atoms with Gasteiger partial charge in [-0.15, -0.1) is 0 Å². The second kappa shape index (κ2) is 8.19.